The fraction of sp³-hybridized carbons (Fsp3) is 1.00. The quantitative estimate of drug-likeness (QED) is 0.334. The molecule has 0 heterocycles. The molecular weight excluding hydrogens is 168 g/mol. The molecule has 13 heavy (non-hydrogen) atoms. The Labute approximate surface area is 80.7 Å². The number of unbranched alkanes of at least 4 members (excludes halogenated alkanes) is 4. The van der Waals surface area contributed by atoms with E-state index in [1.54, 1.807) is 0 Å². The lowest BCUT2D eigenvalue weighted by Crippen LogP contribution is -2.03. The van der Waals surface area contributed by atoms with Crippen LogP contribution in [0.4, 0.5) is 0 Å². The van der Waals surface area contributed by atoms with Crippen molar-refractivity contribution in [2.75, 3.05) is 6.61 Å². The monoisotopic (exact) mass is 190 g/mol. The number of hydrogen-bond donors (Lipinski definition) is 2. The minimum atomic E-state index is -0.110. The van der Waals surface area contributed by atoms with Gasteiger partial charge in [-0.05, 0) is 19.3 Å². The summed E-state index contributed by atoms with van der Waals surface area (Å²) in [5.41, 5.74) is 0. The third-order valence-electron chi connectivity index (χ3n) is 2.24. The van der Waals surface area contributed by atoms with Gasteiger partial charge in [-0.3, -0.25) is 5.26 Å². The summed E-state index contributed by atoms with van der Waals surface area (Å²) >= 11 is 0. The highest BCUT2D eigenvalue weighted by atomic mass is 17.1. The molecule has 0 fully saturated rings. The Kier molecular flexibility index (Phi) is 9.87. The molecule has 2 N–H and O–H groups in total. The van der Waals surface area contributed by atoms with Crippen LogP contribution >= 0.6 is 0 Å². The van der Waals surface area contributed by atoms with Crippen molar-refractivity contribution < 1.29 is 15.3 Å². The van der Waals surface area contributed by atoms with E-state index in [4.69, 9.17) is 5.26 Å². The first-order chi connectivity index (χ1) is 6.31. The zero-order chi connectivity index (χ0) is 9.94. The molecule has 0 spiro atoms. The number of aliphatic hydroxyl groups is 1. The van der Waals surface area contributed by atoms with Crippen LogP contribution in [-0.4, -0.2) is 23.1 Å². The Morgan fingerprint density at radius 2 is 1.69 bits per heavy atom. The highest BCUT2D eigenvalue weighted by molar-refractivity contribution is 4.52. The van der Waals surface area contributed by atoms with Gasteiger partial charge >= 0.3 is 0 Å². The zero-order valence-electron chi connectivity index (χ0n) is 8.54. The Balaban J connectivity index is 2.91. The van der Waals surface area contributed by atoms with Crippen molar-refractivity contribution in [3.8, 4) is 0 Å². The maximum Gasteiger partial charge on any atom is 0.0819 e. The molecule has 0 rings (SSSR count). The third-order valence-corrected chi connectivity index (χ3v) is 2.24. The summed E-state index contributed by atoms with van der Waals surface area (Å²) in [5, 5.41) is 17.3. The highest BCUT2D eigenvalue weighted by Gasteiger charge is 1.99. The maximum absolute atomic E-state index is 9.25. The second-order valence-electron chi connectivity index (χ2n) is 3.45. The summed E-state index contributed by atoms with van der Waals surface area (Å²) < 4.78 is 0. The summed E-state index contributed by atoms with van der Waals surface area (Å²) in [7, 11) is 0. The Morgan fingerprint density at radius 3 is 2.31 bits per heavy atom. The fourth-order valence-electron chi connectivity index (χ4n) is 1.28. The van der Waals surface area contributed by atoms with Gasteiger partial charge in [0.2, 0.25) is 0 Å². The molecule has 0 radical (unpaired) electrons. The van der Waals surface area contributed by atoms with Gasteiger partial charge in [0.05, 0.1) is 12.7 Å². The molecule has 1 unspecified atom stereocenters. The van der Waals surface area contributed by atoms with Crippen molar-refractivity contribution in [2.45, 2.75) is 58.0 Å². The molecule has 0 aliphatic rings. The van der Waals surface area contributed by atoms with Crippen LogP contribution in [0.25, 0.3) is 0 Å². The predicted octanol–water partition coefficient (Wildman–Crippen LogP) is 2.59. The van der Waals surface area contributed by atoms with E-state index >= 15 is 0 Å². The Hall–Kier alpha value is -0.120. The van der Waals surface area contributed by atoms with Crippen molar-refractivity contribution in [2.24, 2.45) is 0 Å². The van der Waals surface area contributed by atoms with Gasteiger partial charge in [0, 0.05) is 0 Å². The molecule has 0 amide bonds. The first kappa shape index (κ1) is 12.9. The molecule has 80 valence electrons. The second kappa shape index (κ2) is 9.96. The van der Waals surface area contributed by atoms with Crippen LogP contribution in [0.5, 0.6) is 0 Å². The lowest BCUT2D eigenvalue weighted by molar-refractivity contribution is -0.242. The van der Waals surface area contributed by atoms with Crippen molar-refractivity contribution in [1.29, 1.82) is 0 Å². The van der Waals surface area contributed by atoms with Crippen LogP contribution in [0, 0.1) is 0 Å². The van der Waals surface area contributed by atoms with E-state index in [0.717, 1.165) is 32.1 Å². The third kappa shape index (κ3) is 9.80. The SMILES string of the molecule is CCC(O)CCCCCCCOO. The van der Waals surface area contributed by atoms with E-state index in [9.17, 15) is 5.11 Å². The van der Waals surface area contributed by atoms with Crippen molar-refractivity contribution in [3.05, 3.63) is 0 Å². The average Bonchev–Trinajstić information content (AvgIpc) is 2.16. The van der Waals surface area contributed by atoms with Gasteiger partial charge in [0.25, 0.3) is 0 Å². The molecule has 0 saturated heterocycles. The Bertz CT molecular complexity index is 96.2. The number of hydrogen-bond acceptors (Lipinski definition) is 3. The standard InChI is InChI=1S/C10H22O3/c1-2-10(11)8-6-4-3-5-7-9-13-12/h10-12H,2-9H2,1H3. The van der Waals surface area contributed by atoms with Gasteiger partial charge in [-0.2, -0.15) is 0 Å². The van der Waals surface area contributed by atoms with Crippen molar-refractivity contribution in [3.63, 3.8) is 0 Å². The minimum absolute atomic E-state index is 0.110. The molecular formula is C10H22O3. The average molecular weight is 190 g/mol. The molecule has 0 aromatic heterocycles. The normalized spacial score (nSPS) is 13.2. The van der Waals surface area contributed by atoms with E-state index in [1.165, 1.54) is 12.8 Å². The summed E-state index contributed by atoms with van der Waals surface area (Å²) in [4.78, 5) is 3.96. The first-order valence-corrected chi connectivity index (χ1v) is 5.25. The highest BCUT2D eigenvalue weighted by Crippen LogP contribution is 2.08. The van der Waals surface area contributed by atoms with Crippen LogP contribution in [0.3, 0.4) is 0 Å². The van der Waals surface area contributed by atoms with E-state index in [-0.39, 0.29) is 6.10 Å². The van der Waals surface area contributed by atoms with Crippen LogP contribution in [0.2, 0.25) is 0 Å². The molecule has 3 nitrogen and oxygen atoms in total. The molecule has 0 aromatic carbocycles. The predicted molar refractivity (Wildman–Crippen MR) is 52.6 cm³/mol. The first-order valence-electron chi connectivity index (χ1n) is 5.25. The van der Waals surface area contributed by atoms with Crippen LogP contribution in [0.15, 0.2) is 0 Å². The number of aliphatic hydroxyl groups excluding tert-OH is 1. The van der Waals surface area contributed by atoms with E-state index in [1.807, 2.05) is 6.92 Å². The summed E-state index contributed by atoms with van der Waals surface area (Å²) in [6.07, 6.45) is 7.14. The summed E-state index contributed by atoms with van der Waals surface area (Å²) in [6, 6.07) is 0. The zero-order valence-corrected chi connectivity index (χ0v) is 8.54. The van der Waals surface area contributed by atoms with E-state index in [0.29, 0.717) is 6.61 Å². The number of rotatable bonds is 9. The molecule has 0 aliphatic carbocycles. The van der Waals surface area contributed by atoms with Gasteiger partial charge < -0.3 is 5.11 Å². The van der Waals surface area contributed by atoms with E-state index in [2.05, 4.69) is 4.89 Å². The van der Waals surface area contributed by atoms with Gasteiger partial charge in [-0.1, -0.05) is 32.6 Å². The Morgan fingerprint density at radius 1 is 1.08 bits per heavy atom. The molecule has 3 heteroatoms. The van der Waals surface area contributed by atoms with Gasteiger partial charge in [0.1, 0.15) is 0 Å². The van der Waals surface area contributed by atoms with Gasteiger partial charge in [0.15, 0.2) is 0 Å². The summed E-state index contributed by atoms with van der Waals surface area (Å²) in [5.74, 6) is 0. The van der Waals surface area contributed by atoms with E-state index < -0.39 is 0 Å². The van der Waals surface area contributed by atoms with Crippen LogP contribution in [-0.2, 0) is 4.89 Å². The van der Waals surface area contributed by atoms with Gasteiger partial charge in [-0.25, -0.2) is 4.89 Å². The smallest absolute Gasteiger partial charge is 0.0819 e. The molecule has 1 atom stereocenters. The largest absolute Gasteiger partial charge is 0.393 e. The topological polar surface area (TPSA) is 49.7 Å². The van der Waals surface area contributed by atoms with Crippen molar-refractivity contribution in [1.82, 2.24) is 0 Å². The minimum Gasteiger partial charge on any atom is -0.393 e. The maximum atomic E-state index is 9.25. The van der Waals surface area contributed by atoms with Crippen molar-refractivity contribution >= 4 is 0 Å². The lowest BCUT2D eigenvalue weighted by atomic mass is 10.1. The fourth-order valence-corrected chi connectivity index (χ4v) is 1.28. The molecule has 0 aromatic rings. The second-order valence-corrected chi connectivity index (χ2v) is 3.45. The van der Waals surface area contributed by atoms with Crippen LogP contribution < -0.4 is 0 Å². The summed E-state index contributed by atoms with van der Waals surface area (Å²) in [6.45, 7) is 2.45. The molecule has 0 saturated carbocycles. The molecule has 0 aliphatic heterocycles. The van der Waals surface area contributed by atoms with Gasteiger partial charge in [-0.15, -0.1) is 0 Å². The lowest BCUT2D eigenvalue weighted by Gasteiger charge is -2.06. The molecule has 0 bridgehead atoms. The van der Waals surface area contributed by atoms with Crippen LogP contribution in [0.1, 0.15) is 51.9 Å².